The lowest BCUT2D eigenvalue weighted by molar-refractivity contribution is 0.302. The molecule has 5 nitrogen and oxygen atoms in total. The molecule has 4 heterocycles. The molecule has 0 amide bonds. The zero-order valence-corrected chi connectivity index (χ0v) is 17.1. The van der Waals surface area contributed by atoms with Gasteiger partial charge in [0, 0.05) is 30.8 Å². The minimum atomic E-state index is -0.0558. The van der Waals surface area contributed by atoms with Gasteiger partial charge in [-0.25, -0.2) is 4.98 Å². The third kappa shape index (κ3) is 3.46. The molecule has 0 saturated carbocycles. The van der Waals surface area contributed by atoms with Gasteiger partial charge in [0.15, 0.2) is 5.11 Å². The molecular formula is C24H21N5S. The minimum Gasteiger partial charge on any atom is -0.352 e. The Balaban J connectivity index is 1.60. The summed E-state index contributed by atoms with van der Waals surface area (Å²) in [4.78, 5) is 11.4. The summed E-state index contributed by atoms with van der Waals surface area (Å²) >= 11 is 5.79. The fraction of sp³-hybridized carbons (Fsp3) is 0.125. The molecule has 1 aliphatic heterocycles. The fourth-order valence-corrected chi connectivity index (χ4v) is 4.32. The van der Waals surface area contributed by atoms with Gasteiger partial charge < -0.3 is 14.8 Å². The maximum atomic E-state index is 5.79. The number of hydrogen-bond acceptors (Lipinski definition) is 3. The molecule has 2 unspecified atom stereocenters. The highest BCUT2D eigenvalue weighted by Gasteiger charge is 2.41. The molecule has 0 aliphatic carbocycles. The fourth-order valence-electron chi connectivity index (χ4n) is 4.02. The first kappa shape index (κ1) is 18.5. The van der Waals surface area contributed by atoms with Crippen molar-refractivity contribution >= 4 is 17.3 Å². The Morgan fingerprint density at radius 2 is 1.60 bits per heavy atom. The van der Waals surface area contributed by atoms with Crippen LogP contribution in [0.4, 0.5) is 0 Å². The maximum Gasteiger partial charge on any atom is 0.170 e. The predicted octanol–water partition coefficient (Wildman–Crippen LogP) is 4.44. The monoisotopic (exact) mass is 411 g/mol. The van der Waals surface area contributed by atoms with Crippen LogP contribution in [-0.2, 0) is 6.54 Å². The molecule has 4 aromatic rings. The first-order valence-electron chi connectivity index (χ1n) is 9.92. The van der Waals surface area contributed by atoms with Gasteiger partial charge in [-0.3, -0.25) is 4.98 Å². The predicted molar refractivity (Wildman–Crippen MR) is 121 cm³/mol. The van der Waals surface area contributed by atoms with Gasteiger partial charge in [-0.15, -0.1) is 0 Å². The lowest BCUT2D eigenvalue weighted by Crippen LogP contribution is -2.30. The minimum absolute atomic E-state index is 0.0235. The lowest BCUT2D eigenvalue weighted by Gasteiger charge is -2.28. The Hall–Kier alpha value is -3.51. The largest absolute Gasteiger partial charge is 0.352 e. The molecular weight excluding hydrogens is 390 g/mol. The standard InChI is InChI=1S/C24H21N5S/c30-24-27-22(19-11-4-6-14-25-19)23(29(24)17-18-9-2-1-3-10-18)20-12-8-16-28(20)21-13-5-7-15-26-21/h1-16,22-23H,17H2,(H,27,30). The summed E-state index contributed by atoms with van der Waals surface area (Å²) in [6.07, 6.45) is 5.69. The highest BCUT2D eigenvalue weighted by atomic mass is 32.1. The SMILES string of the molecule is S=C1NC(c2ccccn2)C(c2cccn2-c2ccccn2)N1Cc1ccccc1. The van der Waals surface area contributed by atoms with Crippen molar-refractivity contribution < 1.29 is 0 Å². The quantitative estimate of drug-likeness (QED) is 0.492. The second kappa shape index (κ2) is 8.08. The zero-order chi connectivity index (χ0) is 20.3. The van der Waals surface area contributed by atoms with Gasteiger partial charge in [0.25, 0.3) is 0 Å². The smallest absolute Gasteiger partial charge is 0.170 e. The number of benzene rings is 1. The average molecular weight is 412 g/mol. The van der Waals surface area contributed by atoms with Crippen LogP contribution in [0.1, 0.15) is 29.0 Å². The number of nitrogens with zero attached hydrogens (tertiary/aromatic N) is 4. The molecule has 30 heavy (non-hydrogen) atoms. The van der Waals surface area contributed by atoms with E-state index in [1.54, 1.807) is 0 Å². The van der Waals surface area contributed by atoms with Crippen LogP contribution < -0.4 is 5.32 Å². The van der Waals surface area contributed by atoms with E-state index in [1.807, 2.05) is 54.9 Å². The van der Waals surface area contributed by atoms with Crippen molar-refractivity contribution in [3.8, 4) is 5.82 Å². The summed E-state index contributed by atoms with van der Waals surface area (Å²) in [5.74, 6) is 0.884. The average Bonchev–Trinajstić information content (AvgIpc) is 3.40. The highest BCUT2D eigenvalue weighted by molar-refractivity contribution is 7.80. The van der Waals surface area contributed by atoms with E-state index in [4.69, 9.17) is 12.2 Å². The molecule has 148 valence electrons. The van der Waals surface area contributed by atoms with E-state index in [0.717, 1.165) is 22.3 Å². The van der Waals surface area contributed by atoms with Gasteiger partial charge in [0.2, 0.25) is 0 Å². The molecule has 3 aromatic heterocycles. The van der Waals surface area contributed by atoms with Crippen molar-refractivity contribution in [2.45, 2.75) is 18.6 Å². The first-order chi connectivity index (χ1) is 14.8. The Kier molecular flexibility index (Phi) is 4.99. The van der Waals surface area contributed by atoms with Gasteiger partial charge >= 0.3 is 0 Å². The summed E-state index contributed by atoms with van der Waals surface area (Å²) < 4.78 is 2.13. The van der Waals surface area contributed by atoms with Crippen LogP contribution in [0.3, 0.4) is 0 Å². The number of thiocarbonyl (C=S) groups is 1. The van der Waals surface area contributed by atoms with Crippen molar-refractivity contribution in [2.75, 3.05) is 0 Å². The zero-order valence-electron chi connectivity index (χ0n) is 16.3. The Labute approximate surface area is 181 Å². The van der Waals surface area contributed by atoms with Gasteiger partial charge in [-0.05, 0) is 54.2 Å². The number of nitrogens with one attached hydrogen (secondary N) is 1. The number of hydrogen-bond donors (Lipinski definition) is 1. The van der Waals surface area contributed by atoms with Crippen molar-refractivity contribution in [1.82, 2.24) is 24.8 Å². The van der Waals surface area contributed by atoms with Crippen LogP contribution in [0, 0.1) is 0 Å². The number of rotatable bonds is 5. The van der Waals surface area contributed by atoms with Crippen LogP contribution >= 0.6 is 12.2 Å². The maximum absolute atomic E-state index is 5.79. The molecule has 0 radical (unpaired) electrons. The molecule has 1 saturated heterocycles. The second-order valence-electron chi connectivity index (χ2n) is 7.23. The van der Waals surface area contributed by atoms with Gasteiger partial charge in [0.1, 0.15) is 5.82 Å². The van der Waals surface area contributed by atoms with E-state index in [2.05, 4.69) is 67.3 Å². The van der Waals surface area contributed by atoms with E-state index >= 15 is 0 Å². The molecule has 0 spiro atoms. The second-order valence-corrected chi connectivity index (χ2v) is 7.62. The molecule has 1 N–H and O–H groups in total. The van der Waals surface area contributed by atoms with Crippen molar-refractivity contribution in [3.63, 3.8) is 0 Å². The van der Waals surface area contributed by atoms with Crippen molar-refractivity contribution in [3.05, 3.63) is 114 Å². The summed E-state index contributed by atoms with van der Waals surface area (Å²) in [7, 11) is 0. The molecule has 1 aliphatic rings. The van der Waals surface area contributed by atoms with Gasteiger partial charge in [-0.2, -0.15) is 0 Å². The lowest BCUT2D eigenvalue weighted by atomic mass is 10.0. The van der Waals surface area contributed by atoms with Crippen LogP contribution in [0.5, 0.6) is 0 Å². The van der Waals surface area contributed by atoms with Crippen LogP contribution in [0.25, 0.3) is 5.82 Å². The Morgan fingerprint density at radius 1 is 0.833 bits per heavy atom. The van der Waals surface area contributed by atoms with Gasteiger partial charge in [0.05, 0.1) is 17.8 Å². The van der Waals surface area contributed by atoms with Crippen LogP contribution in [0.15, 0.2) is 97.5 Å². The molecule has 1 aromatic carbocycles. The molecule has 1 fully saturated rings. The third-order valence-corrected chi connectivity index (χ3v) is 5.73. The summed E-state index contributed by atoms with van der Waals surface area (Å²) in [6.45, 7) is 0.716. The van der Waals surface area contributed by atoms with E-state index in [9.17, 15) is 0 Å². The molecule has 6 heteroatoms. The third-order valence-electron chi connectivity index (χ3n) is 5.37. The summed E-state index contributed by atoms with van der Waals surface area (Å²) in [6, 6.07) is 26.5. The summed E-state index contributed by atoms with van der Waals surface area (Å²) in [5, 5.41) is 4.25. The highest BCUT2D eigenvalue weighted by Crippen LogP contribution is 2.40. The van der Waals surface area contributed by atoms with E-state index < -0.39 is 0 Å². The van der Waals surface area contributed by atoms with Crippen molar-refractivity contribution in [2.24, 2.45) is 0 Å². The van der Waals surface area contributed by atoms with Crippen LogP contribution in [0.2, 0.25) is 0 Å². The van der Waals surface area contributed by atoms with Crippen molar-refractivity contribution in [1.29, 1.82) is 0 Å². The normalized spacial score (nSPS) is 18.4. The first-order valence-corrected chi connectivity index (χ1v) is 10.3. The van der Waals surface area contributed by atoms with E-state index in [-0.39, 0.29) is 12.1 Å². The topological polar surface area (TPSA) is 46.0 Å². The van der Waals surface area contributed by atoms with Gasteiger partial charge in [-0.1, -0.05) is 42.5 Å². The Morgan fingerprint density at radius 3 is 2.33 bits per heavy atom. The van der Waals surface area contributed by atoms with E-state index in [0.29, 0.717) is 6.54 Å². The van der Waals surface area contributed by atoms with E-state index in [1.165, 1.54) is 5.56 Å². The number of pyridine rings is 2. The molecule has 0 bridgehead atoms. The van der Waals surface area contributed by atoms with Crippen LogP contribution in [-0.4, -0.2) is 24.5 Å². The molecule has 5 rings (SSSR count). The Bertz CT molecular complexity index is 1130. The molecule has 2 atom stereocenters. The summed E-state index contributed by atoms with van der Waals surface area (Å²) in [5.41, 5.74) is 3.30. The number of aromatic nitrogens is 3.